The highest BCUT2D eigenvalue weighted by Crippen LogP contribution is 2.43. The normalized spacial score (nSPS) is 14.9. The van der Waals surface area contributed by atoms with E-state index in [0.29, 0.717) is 12.8 Å². The van der Waals surface area contributed by atoms with E-state index in [4.69, 9.17) is 19.1 Å². The summed E-state index contributed by atoms with van der Waals surface area (Å²) in [5.74, 6) is -0.958. The minimum atomic E-state index is -4.57. The van der Waals surface area contributed by atoms with Gasteiger partial charge in [0.25, 0.3) is 0 Å². The predicted molar refractivity (Wildman–Crippen MR) is 122 cm³/mol. The summed E-state index contributed by atoms with van der Waals surface area (Å²) < 4.78 is 31.8. The largest absolute Gasteiger partial charge is 0.472 e. The number of phosphoric acid groups is 1. The molecule has 0 spiro atoms. The van der Waals surface area contributed by atoms with Crippen molar-refractivity contribution in [2.45, 2.75) is 103 Å². The van der Waals surface area contributed by atoms with Gasteiger partial charge in [0.15, 0.2) is 6.10 Å². The number of phosphoric ester groups is 1. The molecule has 3 atom stereocenters. The number of ether oxygens (including phenoxy) is 2. The molecule has 0 aromatic carbocycles. The van der Waals surface area contributed by atoms with Crippen LogP contribution < -0.4 is 0 Å². The van der Waals surface area contributed by atoms with E-state index in [9.17, 15) is 24.2 Å². The first-order chi connectivity index (χ1) is 15.7. The van der Waals surface area contributed by atoms with Crippen LogP contribution in [0.3, 0.4) is 0 Å². The molecule has 0 aromatic rings. The first-order valence-electron chi connectivity index (χ1n) is 12.0. The fourth-order valence-corrected chi connectivity index (χ4v) is 3.60. The van der Waals surface area contributed by atoms with Crippen LogP contribution in [0, 0.1) is 0 Å². The number of esters is 2. The van der Waals surface area contributed by atoms with Crippen molar-refractivity contribution < 1.29 is 47.8 Å². The van der Waals surface area contributed by atoms with Gasteiger partial charge in [-0.1, -0.05) is 65.2 Å². The van der Waals surface area contributed by atoms with Gasteiger partial charge in [-0.05, 0) is 12.8 Å². The summed E-state index contributed by atoms with van der Waals surface area (Å²) in [7, 11) is -4.57. The zero-order valence-electron chi connectivity index (χ0n) is 20.1. The topological polar surface area (TPSA) is 149 Å². The molecular formula is C22H43O10P. The molecule has 0 saturated heterocycles. The fraction of sp³-hybridized carbons (Fsp3) is 0.909. The molecule has 0 aliphatic carbocycles. The van der Waals surface area contributed by atoms with Gasteiger partial charge in [-0.15, -0.1) is 0 Å². The zero-order valence-corrected chi connectivity index (χ0v) is 21.0. The summed E-state index contributed by atoms with van der Waals surface area (Å²) in [4.78, 5) is 33.8. The Kier molecular flexibility index (Phi) is 19.7. The highest BCUT2D eigenvalue weighted by Gasteiger charge is 2.27. The summed E-state index contributed by atoms with van der Waals surface area (Å²) in [5.41, 5.74) is 0. The van der Waals surface area contributed by atoms with Gasteiger partial charge >= 0.3 is 19.8 Å². The molecule has 11 heteroatoms. The maximum Gasteiger partial charge on any atom is 0.472 e. The van der Waals surface area contributed by atoms with E-state index < -0.39 is 51.8 Å². The van der Waals surface area contributed by atoms with Gasteiger partial charge in [0.05, 0.1) is 19.8 Å². The maximum absolute atomic E-state index is 12.1. The van der Waals surface area contributed by atoms with E-state index in [1.54, 1.807) is 0 Å². The molecule has 0 heterocycles. The summed E-state index contributed by atoms with van der Waals surface area (Å²) in [6.45, 7) is 2.09. The van der Waals surface area contributed by atoms with Crippen LogP contribution in [-0.4, -0.2) is 65.7 Å². The highest BCUT2D eigenvalue weighted by atomic mass is 31.2. The van der Waals surface area contributed by atoms with Crippen molar-refractivity contribution >= 4 is 19.8 Å². The molecule has 0 bridgehead atoms. The molecule has 10 nitrogen and oxygen atoms in total. The van der Waals surface area contributed by atoms with Crippen molar-refractivity contribution in [2.24, 2.45) is 0 Å². The molecule has 0 aromatic heterocycles. The van der Waals surface area contributed by atoms with Gasteiger partial charge in [0.1, 0.15) is 12.7 Å². The second-order valence-electron chi connectivity index (χ2n) is 8.02. The summed E-state index contributed by atoms with van der Waals surface area (Å²) in [6, 6.07) is 0. The highest BCUT2D eigenvalue weighted by molar-refractivity contribution is 7.47. The van der Waals surface area contributed by atoms with Crippen molar-refractivity contribution in [1.82, 2.24) is 0 Å². The second kappa shape index (κ2) is 20.4. The molecule has 0 radical (unpaired) electrons. The molecular weight excluding hydrogens is 455 g/mol. The minimum absolute atomic E-state index is 0.179. The quantitative estimate of drug-likeness (QED) is 0.115. The van der Waals surface area contributed by atoms with E-state index in [2.05, 4.69) is 18.4 Å². The zero-order chi connectivity index (χ0) is 25.0. The van der Waals surface area contributed by atoms with Crippen LogP contribution in [0.2, 0.25) is 0 Å². The van der Waals surface area contributed by atoms with Crippen molar-refractivity contribution in [3.63, 3.8) is 0 Å². The number of unbranched alkanes of at least 4 members (excludes halogenated alkanes) is 8. The Morgan fingerprint density at radius 1 is 0.788 bits per heavy atom. The Balaban J connectivity index is 4.56. The monoisotopic (exact) mass is 498 g/mol. The lowest BCUT2D eigenvalue weighted by Crippen LogP contribution is -2.29. The molecule has 0 fully saturated rings. The smallest absolute Gasteiger partial charge is 0.462 e. The molecule has 0 aliphatic rings. The average molecular weight is 499 g/mol. The van der Waals surface area contributed by atoms with E-state index >= 15 is 0 Å². The maximum atomic E-state index is 12.1. The van der Waals surface area contributed by atoms with Gasteiger partial charge in [-0.3, -0.25) is 18.6 Å². The minimum Gasteiger partial charge on any atom is -0.462 e. The van der Waals surface area contributed by atoms with E-state index in [1.807, 2.05) is 0 Å². The van der Waals surface area contributed by atoms with Crippen molar-refractivity contribution in [3.8, 4) is 0 Å². The number of hydrogen-bond acceptors (Lipinski definition) is 9. The third-order valence-corrected chi connectivity index (χ3v) is 5.71. The third-order valence-electron chi connectivity index (χ3n) is 4.76. The molecule has 33 heavy (non-hydrogen) atoms. The van der Waals surface area contributed by atoms with Crippen LogP contribution in [0.15, 0.2) is 0 Å². The Labute approximate surface area is 197 Å². The molecule has 0 rings (SSSR count). The number of hydrogen-bond donors (Lipinski definition) is 3. The third kappa shape index (κ3) is 20.1. The van der Waals surface area contributed by atoms with Crippen LogP contribution in [-0.2, 0) is 32.7 Å². The molecule has 0 amide bonds. The first-order valence-corrected chi connectivity index (χ1v) is 13.5. The van der Waals surface area contributed by atoms with Gasteiger partial charge in [-0.2, -0.15) is 0 Å². The van der Waals surface area contributed by atoms with E-state index in [0.717, 1.165) is 44.9 Å². The van der Waals surface area contributed by atoms with Gasteiger partial charge in [0.2, 0.25) is 0 Å². The lowest BCUT2D eigenvalue weighted by molar-refractivity contribution is -0.161. The molecule has 196 valence electrons. The van der Waals surface area contributed by atoms with Crippen LogP contribution in [0.1, 0.15) is 90.9 Å². The SMILES string of the molecule is CCCCCCCCC(=O)OC[C@H](COP(=O)(O)OC[C@@H](O)CO)OC(=O)CCCCCC. The Morgan fingerprint density at radius 3 is 1.91 bits per heavy atom. The van der Waals surface area contributed by atoms with E-state index in [1.165, 1.54) is 6.42 Å². The number of rotatable bonds is 22. The summed E-state index contributed by atoms with van der Waals surface area (Å²) in [6.07, 6.45) is 7.71. The number of aliphatic hydroxyl groups excluding tert-OH is 2. The van der Waals surface area contributed by atoms with E-state index in [-0.39, 0.29) is 19.4 Å². The van der Waals surface area contributed by atoms with Gasteiger partial charge in [-0.25, -0.2) is 4.57 Å². The second-order valence-corrected chi connectivity index (χ2v) is 9.47. The number of aliphatic hydroxyl groups is 2. The average Bonchev–Trinajstić information content (AvgIpc) is 2.79. The van der Waals surface area contributed by atoms with Crippen LogP contribution in [0.5, 0.6) is 0 Å². The lowest BCUT2D eigenvalue weighted by Gasteiger charge is -2.20. The predicted octanol–water partition coefficient (Wildman–Crippen LogP) is 3.65. The molecule has 3 N–H and O–H groups in total. The van der Waals surface area contributed by atoms with Crippen LogP contribution in [0.25, 0.3) is 0 Å². The van der Waals surface area contributed by atoms with Crippen molar-refractivity contribution in [3.05, 3.63) is 0 Å². The molecule has 0 aliphatic heterocycles. The first kappa shape index (κ1) is 32.0. The summed E-state index contributed by atoms with van der Waals surface area (Å²) in [5, 5.41) is 18.0. The lowest BCUT2D eigenvalue weighted by atomic mass is 10.1. The summed E-state index contributed by atoms with van der Waals surface area (Å²) >= 11 is 0. The van der Waals surface area contributed by atoms with Gasteiger partial charge < -0.3 is 24.6 Å². The fourth-order valence-electron chi connectivity index (χ4n) is 2.81. The molecule has 1 unspecified atom stereocenters. The van der Waals surface area contributed by atoms with Gasteiger partial charge in [0, 0.05) is 12.8 Å². The molecule has 0 saturated carbocycles. The Morgan fingerprint density at radius 2 is 1.30 bits per heavy atom. The number of carbonyl (C=O) groups is 2. The van der Waals surface area contributed by atoms with Crippen molar-refractivity contribution in [1.29, 1.82) is 0 Å². The Bertz CT molecular complexity index is 557. The van der Waals surface area contributed by atoms with Crippen molar-refractivity contribution in [2.75, 3.05) is 26.4 Å². The number of carbonyl (C=O) groups excluding carboxylic acids is 2. The standard InChI is InChI=1S/C22H43O10P/c1-3-5-7-9-10-12-13-21(25)29-17-20(32-22(26)14-11-8-6-4-2)18-31-33(27,28)30-16-19(24)15-23/h19-20,23-24H,3-18H2,1-2H3,(H,27,28)/t19-,20+/m0/s1. The van der Waals surface area contributed by atoms with Crippen LogP contribution >= 0.6 is 7.82 Å². The van der Waals surface area contributed by atoms with Crippen LogP contribution in [0.4, 0.5) is 0 Å². The Hall–Kier alpha value is -1.03.